The van der Waals surface area contributed by atoms with E-state index in [-0.39, 0.29) is 0 Å². The van der Waals surface area contributed by atoms with Crippen LogP contribution in [0.1, 0.15) is 0 Å². The number of nitrogens with one attached hydrogen (secondary N) is 1. The molecule has 9 heteroatoms. The first-order chi connectivity index (χ1) is 8.86. The molecule has 1 aromatic carbocycles. The highest BCUT2D eigenvalue weighted by molar-refractivity contribution is 5.73. The minimum absolute atomic E-state index is 0.391. The Labute approximate surface area is 105 Å². The summed E-state index contributed by atoms with van der Waals surface area (Å²) in [6.45, 7) is -0.391. The smallest absolute Gasteiger partial charge is 0.334 e. The quantitative estimate of drug-likeness (QED) is 0.601. The molecule has 0 aromatic heterocycles. The second-order valence-electron chi connectivity index (χ2n) is 3.49. The third-order valence-corrected chi connectivity index (χ3v) is 2.26. The Hall–Kier alpha value is -2.29. The largest absolute Gasteiger partial charge is 0.479 e. The molecule has 2 N–H and O–H groups in total. The van der Waals surface area contributed by atoms with Crippen LogP contribution in [0.5, 0.6) is 0 Å². The van der Waals surface area contributed by atoms with Gasteiger partial charge >= 0.3 is 5.97 Å². The van der Waals surface area contributed by atoms with E-state index in [9.17, 15) is 23.7 Å². The molecule has 0 bridgehead atoms. The third-order valence-electron chi connectivity index (χ3n) is 2.26. The van der Waals surface area contributed by atoms with Gasteiger partial charge in [-0.2, -0.15) is 0 Å². The number of hydrogen-bond donors (Lipinski definition) is 2. The molecule has 0 radical (unpaired) electrons. The number of nitro groups is 1. The summed E-state index contributed by atoms with van der Waals surface area (Å²) in [5.41, 5.74) is -1.38. The number of methoxy groups -OCH3 is 1. The topological polar surface area (TPSA) is 102 Å². The first kappa shape index (κ1) is 14.8. The van der Waals surface area contributed by atoms with Crippen molar-refractivity contribution in [2.75, 3.05) is 19.0 Å². The highest BCUT2D eigenvalue weighted by Crippen LogP contribution is 2.24. The average Bonchev–Trinajstić information content (AvgIpc) is 2.31. The van der Waals surface area contributed by atoms with Gasteiger partial charge in [-0.1, -0.05) is 0 Å². The van der Waals surface area contributed by atoms with E-state index in [2.05, 4.69) is 10.1 Å². The molecule has 104 valence electrons. The van der Waals surface area contributed by atoms with Crippen molar-refractivity contribution >= 4 is 17.3 Å². The van der Waals surface area contributed by atoms with Gasteiger partial charge in [0.1, 0.15) is 5.69 Å². The van der Waals surface area contributed by atoms with Crippen molar-refractivity contribution in [1.29, 1.82) is 0 Å². The van der Waals surface area contributed by atoms with E-state index in [1.807, 2.05) is 0 Å². The molecule has 0 heterocycles. The van der Waals surface area contributed by atoms with Gasteiger partial charge in [0.25, 0.3) is 5.69 Å². The van der Waals surface area contributed by atoms with Gasteiger partial charge < -0.3 is 15.2 Å². The van der Waals surface area contributed by atoms with E-state index >= 15 is 0 Å². The van der Waals surface area contributed by atoms with Crippen LogP contribution < -0.4 is 5.32 Å². The summed E-state index contributed by atoms with van der Waals surface area (Å²) in [7, 11) is 1.13. The maximum absolute atomic E-state index is 13.4. The maximum atomic E-state index is 13.4. The molecule has 1 rings (SSSR count). The van der Waals surface area contributed by atoms with Crippen molar-refractivity contribution in [2.24, 2.45) is 0 Å². The van der Waals surface area contributed by atoms with Gasteiger partial charge in [0, 0.05) is 7.11 Å². The fourth-order valence-corrected chi connectivity index (χ4v) is 1.30. The fraction of sp³-hybridized carbons (Fsp3) is 0.300. The Morgan fingerprint density at radius 1 is 1.53 bits per heavy atom. The van der Waals surface area contributed by atoms with Crippen LogP contribution in [0.15, 0.2) is 12.1 Å². The minimum atomic E-state index is -1.31. The van der Waals surface area contributed by atoms with Crippen LogP contribution in [0.3, 0.4) is 0 Å². The summed E-state index contributed by atoms with van der Waals surface area (Å²) in [5.74, 6) is -3.68. The molecular formula is C10H10F2N2O5. The van der Waals surface area contributed by atoms with Crippen LogP contribution in [0, 0.1) is 21.7 Å². The molecule has 0 aliphatic heterocycles. The summed E-state index contributed by atoms with van der Waals surface area (Å²) in [4.78, 5) is 20.1. The molecular weight excluding hydrogens is 266 g/mol. The standard InChI is InChI=1S/C10H10F2N2O5/c1-19-8(10(15)16)4-13-9-6(11)2-5(14(17)18)3-7(9)12/h2-3,8,13H,4H2,1H3,(H,15,16). The zero-order chi connectivity index (χ0) is 14.6. The lowest BCUT2D eigenvalue weighted by Gasteiger charge is -2.13. The fourth-order valence-electron chi connectivity index (χ4n) is 1.30. The van der Waals surface area contributed by atoms with Gasteiger partial charge in [-0.15, -0.1) is 0 Å². The van der Waals surface area contributed by atoms with E-state index in [1.165, 1.54) is 0 Å². The zero-order valence-corrected chi connectivity index (χ0v) is 9.72. The molecule has 0 amide bonds. The summed E-state index contributed by atoms with van der Waals surface area (Å²) < 4.78 is 31.4. The summed E-state index contributed by atoms with van der Waals surface area (Å²) in [5, 5.41) is 21.2. The second kappa shape index (κ2) is 6.05. The third kappa shape index (κ3) is 3.58. The van der Waals surface area contributed by atoms with Crippen LogP contribution in [0.25, 0.3) is 0 Å². The molecule has 0 aliphatic rings. The molecule has 1 unspecified atom stereocenters. The van der Waals surface area contributed by atoms with E-state index in [1.54, 1.807) is 0 Å². The summed E-state index contributed by atoms with van der Waals surface area (Å²) in [6.07, 6.45) is -1.30. The molecule has 0 spiro atoms. The van der Waals surface area contributed by atoms with Crippen LogP contribution in [-0.2, 0) is 9.53 Å². The Bertz CT molecular complexity index is 486. The number of aliphatic carboxylic acids is 1. The highest BCUT2D eigenvalue weighted by Gasteiger charge is 2.20. The van der Waals surface area contributed by atoms with Gasteiger partial charge in [-0.05, 0) is 0 Å². The minimum Gasteiger partial charge on any atom is -0.479 e. The lowest BCUT2D eigenvalue weighted by atomic mass is 10.2. The van der Waals surface area contributed by atoms with Crippen molar-refractivity contribution in [1.82, 2.24) is 0 Å². The van der Waals surface area contributed by atoms with Gasteiger partial charge in [-0.3, -0.25) is 10.1 Å². The maximum Gasteiger partial charge on any atom is 0.334 e. The number of anilines is 1. The molecule has 7 nitrogen and oxygen atoms in total. The first-order valence-corrected chi connectivity index (χ1v) is 4.99. The lowest BCUT2D eigenvalue weighted by molar-refractivity contribution is -0.385. The van der Waals surface area contributed by atoms with Gasteiger partial charge in [0.05, 0.1) is 23.6 Å². The number of non-ortho nitro benzene ring substituents is 1. The molecule has 0 fully saturated rings. The number of benzene rings is 1. The summed E-state index contributed by atoms with van der Waals surface area (Å²) >= 11 is 0. The van der Waals surface area contributed by atoms with Crippen molar-refractivity contribution in [3.63, 3.8) is 0 Å². The van der Waals surface area contributed by atoms with Crippen molar-refractivity contribution < 1.29 is 28.3 Å². The number of carboxylic acids is 1. The molecule has 0 saturated carbocycles. The van der Waals surface area contributed by atoms with Crippen LogP contribution in [0.4, 0.5) is 20.2 Å². The summed E-state index contributed by atoms with van der Waals surface area (Å²) in [6, 6.07) is 1.07. The number of ether oxygens (including phenoxy) is 1. The van der Waals surface area contributed by atoms with Gasteiger partial charge in [-0.25, -0.2) is 13.6 Å². The van der Waals surface area contributed by atoms with E-state index in [4.69, 9.17) is 5.11 Å². The molecule has 0 aliphatic carbocycles. The Morgan fingerprint density at radius 2 is 2.05 bits per heavy atom. The van der Waals surface area contributed by atoms with Crippen LogP contribution in [-0.4, -0.2) is 35.8 Å². The molecule has 1 atom stereocenters. The number of carboxylic acid groups (broad SMARTS) is 1. The van der Waals surface area contributed by atoms with Crippen LogP contribution >= 0.6 is 0 Å². The molecule has 1 aromatic rings. The number of nitrogens with zero attached hydrogens (tertiary/aromatic N) is 1. The SMILES string of the molecule is COC(CNc1c(F)cc([N+](=O)[O-])cc1F)C(=O)O. The van der Waals surface area contributed by atoms with Crippen molar-refractivity contribution in [3.8, 4) is 0 Å². The van der Waals surface area contributed by atoms with Crippen molar-refractivity contribution in [2.45, 2.75) is 6.10 Å². The number of nitro benzene ring substituents is 1. The predicted molar refractivity (Wildman–Crippen MR) is 59.9 cm³/mol. The normalized spacial score (nSPS) is 11.9. The predicted octanol–water partition coefficient (Wildman–Crippen LogP) is 1.38. The highest BCUT2D eigenvalue weighted by atomic mass is 19.1. The Morgan fingerprint density at radius 3 is 2.42 bits per heavy atom. The van der Waals surface area contributed by atoms with E-state index < -0.39 is 46.6 Å². The lowest BCUT2D eigenvalue weighted by Crippen LogP contribution is -2.30. The zero-order valence-electron chi connectivity index (χ0n) is 9.72. The van der Waals surface area contributed by atoms with E-state index in [0.29, 0.717) is 12.1 Å². The Kier molecular flexibility index (Phi) is 4.70. The number of rotatable bonds is 6. The number of hydrogen-bond acceptors (Lipinski definition) is 5. The van der Waals surface area contributed by atoms with Gasteiger partial charge in [0.15, 0.2) is 17.7 Å². The molecule has 0 saturated heterocycles. The monoisotopic (exact) mass is 276 g/mol. The molecule has 19 heavy (non-hydrogen) atoms. The van der Waals surface area contributed by atoms with Crippen molar-refractivity contribution in [3.05, 3.63) is 33.9 Å². The average molecular weight is 276 g/mol. The van der Waals surface area contributed by atoms with Crippen LogP contribution in [0.2, 0.25) is 0 Å². The number of carbonyl (C=O) groups is 1. The first-order valence-electron chi connectivity index (χ1n) is 4.99. The number of halogens is 2. The van der Waals surface area contributed by atoms with Gasteiger partial charge in [0.2, 0.25) is 0 Å². The Balaban J connectivity index is 2.90. The van der Waals surface area contributed by atoms with E-state index in [0.717, 1.165) is 7.11 Å². The second-order valence-corrected chi connectivity index (χ2v) is 3.49.